The first kappa shape index (κ1) is 21.5. The minimum Gasteiger partial charge on any atom is -0.476 e. The number of hydrogen-bond donors (Lipinski definition) is 2. The van der Waals surface area contributed by atoms with Crippen LogP contribution in [0.4, 0.5) is 5.82 Å². The number of aromatic carboxylic acids is 1. The smallest absolute Gasteiger partial charge is 0.356 e. The van der Waals surface area contributed by atoms with Crippen molar-refractivity contribution in [3.8, 4) is 22.8 Å². The summed E-state index contributed by atoms with van der Waals surface area (Å²) in [5, 5.41) is 17.6. The second-order valence-electron chi connectivity index (χ2n) is 7.52. The molecule has 2 heterocycles. The third kappa shape index (κ3) is 4.55. The molecule has 0 atom stereocenters. The van der Waals surface area contributed by atoms with E-state index < -0.39 is 5.97 Å². The normalized spacial score (nSPS) is 10.9. The predicted molar refractivity (Wildman–Crippen MR) is 131 cm³/mol. The lowest BCUT2D eigenvalue weighted by molar-refractivity contribution is 0.0690. The number of carboxylic acid groups (broad SMARTS) is 1. The molecule has 0 fully saturated rings. The van der Waals surface area contributed by atoms with E-state index in [1.807, 2.05) is 84.9 Å². The van der Waals surface area contributed by atoms with E-state index in [1.54, 1.807) is 0 Å². The van der Waals surface area contributed by atoms with Crippen LogP contribution in [0.25, 0.3) is 16.9 Å². The molecule has 0 aliphatic heterocycles. The number of rotatable bonds is 7. The average Bonchev–Trinajstić information content (AvgIpc) is 3.29. The number of halogens is 1. The average molecular weight is 471 g/mol. The molecule has 2 N–H and O–H groups in total. The summed E-state index contributed by atoms with van der Waals surface area (Å²) >= 11 is 6.30. The van der Waals surface area contributed by atoms with E-state index in [0.29, 0.717) is 34.5 Å². The van der Waals surface area contributed by atoms with Crippen LogP contribution in [0.2, 0.25) is 5.02 Å². The van der Waals surface area contributed by atoms with E-state index >= 15 is 0 Å². The predicted octanol–water partition coefficient (Wildman–Crippen LogP) is 6.15. The molecule has 0 bridgehead atoms. The number of anilines is 1. The van der Waals surface area contributed by atoms with E-state index in [1.165, 1.54) is 10.6 Å². The fourth-order valence-electron chi connectivity index (χ4n) is 3.52. The highest BCUT2D eigenvalue weighted by molar-refractivity contribution is 6.31. The third-order valence-electron chi connectivity index (χ3n) is 5.17. The van der Waals surface area contributed by atoms with Gasteiger partial charge in [-0.2, -0.15) is 9.61 Å². The Kier molecular flexibility index (Phi) is 5.84. The van der Waals surface area contributed by atoms with E-state index in [0.717, 1.165) is 16.9 Å². The SMILES string of the molecule is O=C(O)c1cc2nc(-c3cccc(Oc4ccccc4)c3)cc(NCc3ccccc3Cl)n2n1. The van der Waals surface area contributed by atoms with E-state index in [4.69, 9.17) is 16.3 Å². The van der Waals surface area contributed by atoms with Crippen molar-refractivity contribution in [3.05, 3.63) is 107 Å². The van der Waals surface area contributed by atoms with Crippen LogP contribution in [0, 0.1) is 0 Å². The Morgan fingerprint density at radius 2 is 1.71 bits per heavy atom. The summed E-state index contributed by atoms with van der Waals surface area (Å²) in [5.74, 6) is 0.854. The van der Waals surface area contributed by atoms with Gasteiger partial charge in [0, 0.05) is 29.3 Å². The molecule has 5 aromatic rings. The standard InChI is InChI=1S/C26H19ClN4O3/c27-21-12-5-4-7-18(21)16-28-24-14-22(29-25-15-23(26(32)33)30-31(24)25)17-8-6-11-20(13-17)34-19-9-2-1-3-10-19/h1-15,28H,16H2,(H,32,33). The molecule has 7 nitrogen and oxygen atoms in total. The number of carboxylic acids is 1. The molecule has 3 aromatic carbocycles. The summed E-state index contributed by atoms with van der Waals surface area (Å²) in [6.45, 7) is 0.428. The van der Waals surface area contributed by atoms with Crippen molar-refractivity contribution in [2.75, 3.05) is 5.32 Å². The summed E-state index contributed by atoms with van der Waals surface area (Å²) in [5.41, 5.74) is 2.68. The molecular formula is C26H19ClN4O3. The molecular weight excluding hydrogens is 452 g/mol. The van der Waals surface area contributed by atoms with Gasteiger partial charge >= 0.3 is 5.97 Å². The van der Waals surface area contributed by atoms with Gasteiger partial charge in [0.1, 0.15) is 17.3 Å². The lowest BCUT2D eigenvalue weighted by Gasteiger charge is -2.12. The molecule has 2 aromatic heterocycles. The van der Waals surface area contributed by atoms with Crippen molar-refractivity contribution < 1.29 is 14.6 Å². The molecule has 0 aliphatic carbocycles. The molecule has 5 rings (SSSR count). The number of hydrogen-bond acceptors (Lipinski definition) is 5. The van der Waals surface area contributed by atoms with Gasteiger partial charge in [-0.15, -0.1) is 0 Å². The lowest BCUT2D eigenvalue weighted by Crippen LogP contribution is -2.07. The van der Waals surface area contributed by atoms with Crippen molar-refractivity contribution in [2.24, 2.45) is 0 Å². The summed E-state index contributed by atoms with van der Waals surface area (Å²) in [6.07, 6.45) is 0. The molecule has 0 spiro atoms. The van der Waals surface area contributed by atoms with Crippen molar-refractivity contribution >= 4 is 29.0 Å². The molecule has 0 radical (unpaired) electrons. The summed E-state index contributed by atoms with van der Waals surface area (Å²) in [4.78, 5) is 16.2. The first-order chi connectivity index (χ1) is 16.6. The van der Waals surface area contributed by atoms with Crippen molar-refractivity contribution in [1.29, 1.82) is 0 Å². The Bertz CT molecular complexity index is 1480. The van der Waals surface area contributed by atoms with Crippen LogP contribution in [0.1, 0.15) is 16.1 Å². The summed E-state index contributed by atoms with van der Waals surface area (Å²) in [7, 11) is 0. The molecule has 0 amide bonds. The quantitative estimate of drug-likeness (QED) is 0.296. The molecule has 0 aliphatic rings. The lowest BCUT2D eigenvalue weighted by atomic mass is 10.1. The highest BCUT2D eigenvalue weighted by Gasteiger charge is 2.15. The van der Waals surface area contributed by atoms with Crippen LogP contribution in [0.15, 0.2) is 91.0 Å². The largest absolute Gasteiger partial charge is 0.476 e. The van der Waals surface area contributed by atoms with Gasteiger partial charge in [-0.05, 0) is 35.9 Å². The zero-order valence-corrected chi connectivity index (χ0v) is 18.6. The van der Waals surface area contributed by atoms with Crippen LogP contribution >= 0.6 is 11.6 Å². The molecule has 0 saturated carbocycles. The van der Waals surface area contributed by atoms with Crippen LogP contribution in [-0.4, -0.2) is 25.7 Å². The number of para-hydroxylation sites is 1. The maximum Gasteiger partial charge on any atom is 0.356 e. The second kappa shape index (κ2) is 9.25. The monoisotopic (exact) mass is 470 g/mol. The first-order valence-electron chi connectivity index (χ1n) is 10.5. The van der Waals surface area contributed by atoms with Gasteiger partial charge in [-0.1, -0.05) is 60.1 Å². The number of aromatic nitrogens is 3. The van der Waals surface area contributed by atoms with Gasteiger partial charge in [0.25, 0.3) is 0 Å². The fraction of sp³-hybridized carbons (Fsp3) is 0.0385. The number of ether oxygens (including phenoxy) is 1. The van der Waals surface area contributed by atoms with Crippen LogP contribution < -0.4 is 10.1 Å². The Balaban J connectivity index is 1.53. The molecule has 0 saturated heterocycles. The number of fused-ring (bicyclic) bond motifs is 1. The number of carbonyl (C=O) groups is 1. The van der Waals surface area contributed by atoms with Gasteiger partial charge in [-0.25, -0.2) is 9.78 Å². The Labute approximate surface area is 200 Å². The first-order valence-corrected chi connectivity index (χ1v) is 10.9. The molecule has 34 heavy (non-hydrogen) atoms. The highest BCUT2D eigenvalue weighted by atomic mass is 35.5. The fourth-order valence-corrected chi connectivity index (χ4v) is 3.73. The molecule has 0 unspecified atom stereocenters. The van der Waals surface area contributed by atoms with Gasteiger partial charge in [-0.3, -0.25) is 0 Å². The van der Waals surface area contributed by atoms with Crippen LogP contribution in [0.5, 0.6) is 11.5 Å². The Morgan fingerprint density at radius 1 is 0.941 bits per heavy atom. The van der Waals surface area contributed by atoms with Gasteiger partial charge < -0.3 is 15.2 Å². The summed E-state index contributed by atoms with van der Waals surface area (Å²) < 4.78 is 7.44. The topological polar surface area (TPSA) is 88.8 Å². The molecule has 8 heteroatoms. The minimum atomic E-state index is -1.12. The van der Waals surface area contributed by atoms with Crippen molar-refractivity contribution in [3.63, 3.8) is 0 Å². The highest BCUT2D eigenvalue weighted by Crippen LogP contribution is 2.29. The van der Waals surface area contributed by atoms with E-state index in [2.05, 4.69) is 15.4 Å². The zero-order valence-electron chi connectivity index (χ0n) is 17.9. The van der Waals surface area contributed by atoms with Gasteiger partial charge in [0.05, 0.1) is 5.69 Å². The van der Waals surface area contributed by atoms with E-state index in [-0.39, 0.29) is 5.69 Å². The Hall–Kier alpha value is -4.36. The maximum atomic E-state index is 11.5. The van der Waals surface area contributed by atoms with Gasteiger partial charge in [0.15, 0.2) is 11.3 Å². The van der Waals surface area contributed by atoms with Crippen molar-refractivity contribution in [2.45, 2.75) is 6.54 Å². The van der Waals surface area contributed by atoms with Crippen molar-refractivity contribution in [1.82, 2.24) is 14.6 Å². The van der Waals surface area contributed by atoms with E-state index in [9.17, 15) is 9.90 Å². The Morgan fingerprint density at radius 3 is 2.50 bits per heavy atom. The third-order valence-corrected chi connectivity index (χ3v) is 5.54. The minimum absolute atomic E-state index is 0.0911. The molecule has 168 valence electrons. The van der Waals surface area contributed by atoms with Crippen LogP contribution in [0.3, 0.4) is 0 Å². The van der Waals surface area contributed by atoms with Gasteiger partial charge in [0.2, 0.25) is 0 Å². The second-order valence-corrected chi connectivity index (χ2v) is 7.93. The maximum absolute atomic E-state index is 11.5. The number of benzene rings is 3. The summed E-state index contributed by atoms with van der Waals surface area (Å²) in [6, 6.07) is 27.8. The zero-order chi connectivity index (χ0) is 23.5. The number of nitrogens with zero attached hydrogens (tertiary/aromatic N) is 3. The van der Waals surface area contributed by atoms with Crippen LogP contribution in [-0.2, 0) is 6.54 Å². The number of nitrogens with one attached hydrogen (secondary N) is 1.